The van der Waals surface area contributed by atoms with E-state index in [2.05, 4.69) is 5.32 Å². The fraction of sp³-hybridized carbons (Fsp3) is 0.929. The van der Waals surface area contributed by atoms with Gasteiger partial charge in [-0.3, -0.25) is 4.79 Å². The molecule has 4 heteroatoms. The van der Waals surface area contributed by atoms with Gasteiger partial charge in [0.2, 0.25) is 5.91 Å². The molecule has 2 aliphatic rings. The zero-order chi connectivity index (χ0) is 13.0. The van der Waals surface area contributed by atoms with Crippen LogP contribution in [0.3, 0.4) is 0 Å². The number of nitrogens with two attached hydrogens (primary N) is 1. The summed E-state index contributed by atoms with van der Waals surface area (Å²) in [7, 11) is 0. The summed E-state index contributed by atoms with van der Waals surface area (Å²) in [5.41, 5.74) is 5.10. The summed E-state index contributed by atoms with van der Waals surface area (Å²) in [6, 6.07) is 0. The van der Waals surface area contributed by atoms with Crippen molar-refractivity contribution >= 4 is 5.91 Å². The largest absolute Gasteiger partial charge is 0.388 e. The van der Waals surface area contributed by atoms with Crippen LogP contribution in [0.25, 0.3) is 0 Å². The molecular formula is C14H26N2O2. The average Bonchev–Trinajstić information content (AvgIpc) is 2.83. The number of rotatable bonds is 4. The van der Waals surface area contributed by atoms with Gasteiger partial charge in [0.1, 0.15) is 0 Å². The fourth-order valence-electron chi connectivity index (χ4n) is 3.43. The Balaban J connectivity index is 1.82. The Bertz CT molecular complexity index is 288. The monoisotopic (exact) mass is 254 g/mol. The third kappa shape index (κ3) is 3.23. The van der Waals surface area contributed by atoms with Gasteiger partial charge in [-0.25, -0.2) is 0 Å². The van der Waals surface area contributed by atoms with E-state index < -0.39 is 5.60 Å². The first-order valence-electron chi connectivity index (χ1n) is 7.35. The number of carbonyl (C=O) groups excluding carboxylic acids is 1. The molecule has 0 aliphatic heterocycles. The van der Waals surface area contributed by atoms with Crippen LogP contribution >= 0.6 is 0 Å². The molecular weight excluding hydrogens is 228 g/mol. The van der Waals surface area contributed by atoms with Crippen LogP contribution in [-0.2, 0) is 4.79 Å². The van der Waals surface area contributed by atoms with Gasteiger partial charge in [0.05, 0.1) is 5.60 Å². The van der Waals surface area contributed by atoms with Gasteiger partial charge in [-0.1, -0.05) is 25.7 Å². The molecule has 0 bridgehead atoms. The van der Waals surface area contributed by atoms with Gasteiger partial charge in [0.15, 0.2) is 0 Å². The van der Waals surface area contributed by atoms with E-state index in [0.29, 0.717) is 19.0 Å². The highest BCUT2D eigenvalue weighted by Crippen LogP contribution is 2.31. The van der Waals surface area contributed by atoms with Crippen molar-refractivity contribution in [3.8, 4) is 0 Å². The molecule has 0 aromatic rings. The van der Waals surface area contributed by atoms with Crippen LogP contribution in [0.15, 0.2) is 0 Å². The van der Waals surface area contributed by atoms with Gasteiger partial charge in [0, 0.05) is 12.5 Å². The molecule has 2 unspecified atom stereocenters. The average molecular weight is 254 g/mol. The quantitative estimate of drug-likeness (QED) is 0.705. The Morgan fingerprint density at radius 2 is 1.89 bits per heavy atom. The number of hydrogen-bond acceptors (Lipinski definition) is 3. The summed E-state index contributed by atoms with van der Waals surface area (Å²) in [4.78, 5) is 12.2. The second-order valence-corrected chi connectivity index (χ2v) is 6.04. The van der Waals surface area contributed by atoms with Crippen molar-refractivity contribution in [1.82, 2.24) is 5.32 Å². The highest BCUT2D eigenvalue weighted by Gasteiger charge is 2.34. The Kier molecular flexibility index (Phi) is 4.62. The van der Waals surface area contributed by atoms with E-state index >= 15 is 0 Å². The lowest BCUT2D eigenvalue weighted by atomic mass is 9.78. The van der Waals surface area contributed by atoms with E-state index in [4.69, 9.17) is 5.73 Å². The van der Waals surface area contributed by atoms with Gasteiger partial charge < -0.3 is 16.2 Å². The highest BCUT2D eigenvalue weighted by molar-refractivity contribution is 5.79. The molecule has 2 aliphatic carbocycles. The third-order valence-corrected chi connectivity index (χ3v) is 4.67. The number of aliphatic hydroxyl groups is 1. The summed E-state index contributed by atoms with van der Waals surface area (Å²) in [5.74, 6) is 0.496. The van der Waals surface area contributed by atoms with Crippen LogP contribution in [-0.4, -0.2) is 29.7 Å². The minimum absolute atomic E-state index is 0.0637. The van der Waals surface area contributed by atoms with Crippen LogP contribution in [0.2, 0.25) is 0 Å². The highest BCUT2D eigenvalue weighted by atomic mass is 16.3. The SMILES string of the molecule is NCC1CCCCC1C(=O)NCC1(O)CCCC1. The first kappa shape index (κ1) is 13.8. The molecule has 2 rings (SSSR count). The van der Waals surface area contributed by atoms with Gasteiger partial charge in [0.25, 0.3) is 0 Å². The third-order valence-electron chi connectivity index (χ3n) is 4.67. The van der Waals surface area contributed by atoms with Crippen molar-refractivity contribution in [1.29, 1.82) is 0 Å². The minimum atomic E-state index is -0.650. The second-order valence-electron chi connectivity index (χ2n) is 6.04. The molecule has 4 nitrogen and oxygen atoms in total. The Hall–Kier alpha value is -0.610. The summed E-state index contributed by atoms with van der Waals surface area (Å²) in [5, 5.41) is 13.2. The molecule has 0 spiro atoms. The second kappa shape index (κ2) is 6.02. The molecule has 0 aromatic heterocycles. The molecule has 2 saturated carbocycles. The van der Waals surface area contributed by atoms with E-state index in [0.717, 1.165) is 44.9 Å². The standard InChI is InChI=1S/C14H26N2O2/c15-9-11-5-1-2-6-12(11)13(17)16-10-14(18)7-3-4-8-14/h11-12,18H,1-10,15H2,(H,16,17). The molecule has 4 N–H and O–H groups in total. The maximum Gasteiger partial charge on any atom is 0.223 e. The van der Waals surface area contributed by atoms with Gasteiger partial charge in [-0.2, -0.15) is 0 Å². The lowest BCUT2D eigenvalue weighted by Crippen LogP contribution is -2.45. The lowest BCUT2D eigenvalue weighted by molar-refractivity contribution is -0.128. The van der Waals surface area contributed by atoms with E-state index in [1.54, 1.807) is 0 Å². The molecule has 0 radical (unpaired) electrons. The van der Waals surface area contributed by atoms with Crippen molar-refractivity contribution in [3.63, 3.8) is 0 Å². The van der Waals surface area contributed by atoms with Crippen molar-refractivity contribution in [2.24, 2.45) is 17.6 Å². The molecule has 0 saturated heterocycles. The van der Waals surface area contributed by atoms with E-state index in [1.807, 2.05) is 0 Å². The van der Waals surface area contributed by atoms with Crippen molar-refractivity contribution in [3.05, 3.63) is 0 Å². The van der Waals surface area contributed by atoms with Gasteiger partial charge >= 0.3 is 0 Å². The maximum absolute atomic E-state index is 12.2. The lowest BCUT2D eigenvalue weighted by Gasteiger charge is -2.31. The first-order chi connectivity index (χ1) is 8.64. The zero-order valence-electron chi connectivity index (χ0n) is 11.2. The predicted molar refractivity (Wildman–Crippen MR) is 70.9 cm³/mol. The molecule has 104 valence electrons. The van der Waals surface area contributed by atoms with Crippen LogP contribution < -0.4 is 11.1 Å². The number of carbonyl (C=O) groups is 1. The molecule has 0 aromatic carbocycles. The van der Waals surface area contributed by atoms with Crippen LogP contribution in [0, 0.1) is 11.8 Å². The Morgan fingerprint density at radius 1 is 1.22 bits per heavy atom. The maximum atomic E-state index is 12.2. The molecule has 1 amide bonds. The number of amides is 1. The van der Waals surface area contributed by atoms with Crippen molar-refractivity contribution in [2.45, 2.75) is 57.0 Å². The van der Waals surface area contributed by atoms with E-state index in [-0.39, 0.29) is 11.8 Å². The van der Waals surface area contributed by atoms with Crippen LogP contribution in [0.4, 0.5) is 0 Å². The predicted octanol–water partition coefficient (Wildman–Crippen LogP) is 1.17. The van der Waals surface area contributed by atoms with Crippen molar-refractivity contribution < 1.29 is 9.90 Å². The summed E-state index contributed by atoms with van der Waals surface area (Å²) < 4.78 is 0. The Morgan fingerprint density at radius 3 is 2.56 bits per heavy atom. The van der Waals surface area contributed by atoms with E-state index in [9.17, 15) is 9.90 Å². The number of nitrogens with one attached hydrogen (secondary N) is 1. The minimum Gasteiger partial charge on any atom is -0.388 e. The normalized spacial score (nSPS) is 31.2. The summed E-state index contributed by atoms with van der Waals surface area (Å²) >= 11 is 0. The van der Waals surface area contributed by atoms with Crippen LogP contribution in [0.5, 0.6) is 0 Å². The molecule has 18 heavy (non-hydrogen) atoms. The molecule has 2 fully saturated rings. The van der Waals surface area contributed by atoms with Crippen molar-refractivity contribution in [2.75, 3.05) is 13.1 Å². The molecule has 2 atom stereocenters. The zero-order valence-corrected chi connectivity index (χ0v) is 11.2. The smallest absolute Gasteiger partial charge is 0.223 e. The van der Waals surface area contributed by atoms with Gasteiger partial charge in [-0.15, -0.1) is 0 Å². The summed E-state index contributed by atoms with van der Waals surface area (Å²) in [6.45, 7) is 1.02. The molecule has 0 heterocycles. The fourth-order valence-corrected chi connectivity index (χ4v) is 3.43. The summed E-state index contributed by atoms with van der Waals surface area (Å²) in [6.07, 6.45) is 8.11. The first-order valence-corrected chi connectivity index (χ1v) is 7.35. The van der Waals surface area contributed by atoms with Gasteiger partial charge in [-0.05, 0) is 38.1 Å². The Labute approximate surface area is 109 Å². The number of hydrogen-bond donors (Lipinski definition) is 3. The van der Waals surface area contributed by atoms with E-state index in [1.165, 1.54) is 6.42 Å². The topological polar surface area (TPSA) is 75.4 Å². The van der Waals surface area contributed by atoms with Crippen LogP contribution in [0.1, 0.15) is 51.4 Å².